The third kappa shape index (κ3) is 7.18. The molecular weight excluding hydrogens is 588 g/mol. The second kappa shape index (κ2) is 14.2. The predicted molar refractivity (Wildman–Crippen MR) is 170 cm³/mol. The number of ether oxygens (including phenoxy) is 5. The number of rotatable bonds is 13. The summed E-state index contributed by atoms with van der Waals surface area (Å²) in [4.78, 5) is 11.8. The molecule has 4 aromatic carbocycles. The van der Waals surface area contributed by atoms with Crippen molar-refractivity contribution in [2.24, 2.45) is 0 Å². The minimum atomic E-state index is -1.58. The molecule has 0 aromatic heterocycles. The fourth-order valence-corrected chi connectivity index (χ4v) is 5.06. The predicted octanol–water partition coefficient (Wildman–Crippen LogP) is 5.40. The Morgan fingerprint density at radius 1 is 0.978 bits per heavy atom. The van der Waals surface area contributed by atoms with E-state index in [-0.39, 0.29) is 19.8 Å². The standard InChI is InChI=1S/C36H36N2O8/c1-23-27(8-5-9-29(23)26-10-11-31-34(15-26)44-13-12-43-31)21-45-28-16-32(42-3)30(19-38-36(2,22-39)35(40)41)33(17-28)46-20-25-7-4-6-24(14-25)18-37/h4-11,14-17,38-39H,12-13,19-22H2,1-3H3,(H,40,41). The number of hydrogen-bond acceptors (Lipinski definition) is 9. The second-order valence-electron chi connectivity index (χ2n) is 11.1. The van der Waals surface area contributed by atoms with E-state index in [2.05, 4.69) is 17.5 Å². The molecule has 0 saturated carbocycles. The number of aliphatic hydroxyl groups is 1. The quantitative estimate of drug-likeness (QED) is 0.177. The summed E-state index contributed by atoms with van der Waals surface area (Å²) >= 11 is 0. The number of benzene rings is 4. The number of hydrogen-bond donors (Lipinski definition) is 3. The zero-order valence-corrected chi connectivity index (χ0v) is 26.0. The Hall–Kier alpha value is -5.24. The fourth-order valence-electron chi connectivity index (χ4n) is 5.06. The summed E-state index contributed by atoms with van der Waals surface area (Å²) < 4.78 is 29.7. The summed E-state index contributed by atoms with van der Waals surface area (Å²) in [6, 6.07) is 24.6. The van der Waals surface area contributed by atoms with Crippen LogP contribution in [-0.2, 0) is 24.6 Å². The molecule has 0 saturated heterocycles. The van der Waals surface area contributed by atoms with E-state index in [1.165, 1.54) is 14.0 Å². The summed E-state index contributed by atoms with van der Waals surface area (Å²) in [6.45, 7) is 4.30. The van der Waals surface area contributed by atoms with Gasteiger partial charge >= 0.3 is 5.97 Å². The third-order valence-corrected chi connectivity index (χ3v) is 7.95. The average Bonchev–Trinajstić information content (AvgIpc) is 3.09. The molecule has 10 nitrogen and oxygen atoms in total. The van der Waals surface area contributed by atoms with Crippen LogP contribution in [0.15, 0.2) is 72.8 Å². The number of nitrogens with zero attached hydrogens (tertiary/aromatic N) is 1. The van der Waals surface area contributed by atoms with Gasteiger partial charge in [0.1, 0.15) is 49.2 Å². The van der Waals surface area contributed by atoms with Gasteiger partial charge in [0.2, 0.25) is 0 Å². The first-order valence-electron chi connectivity index (χ1n) is 14.8. The monoisotopic (exact) mass is 624 g/mol. The SMILES string of the molecule is COc1cc(OCc2cccc(-c3ccc4c(c3)OCCO4)c2C)cc(OCc2cccc(C#N)c2)c1CNC(C)(CO)C(=O)O. The molecule has 3 N–H and O–H groups in total. The number of carboxylic acids is 1. The number of fused-ring (bicyclic) bond motifs is 1. The third-order valence-electron chi connectivity index (χ3n) is 7.95. The van der Waals surface area contributed by atoms with Gasteiger partial charge in [-0.05, 0) is 65.9 Å². The summed E-state index contributed by atoms with van der Waals surface area (Å²) in [6.07, 6.45) is 0. The maximum atomic E-state index is 11.8. The van der Waals surface area contributed by atoms with Gasteiger partial charge in [-0.2, -0.15) is 5.26 Å². The Kier molecular flexibility index (Phi) is 9.96. The lowest BCUT2D eigenvalue weighted by Gasteiger charge is -2.25. The van der Waals surface area contributed by atoms with Crippen molar-refractivity contribution in [2.45, 2.75) is 39.1 Å². The zero-order chi connectivity index (χ0) is 32.7. The van der Waals surface area contributed by atoms with Gasteiger partial charge in [-0.3, -0.25) is 10.1 Å². The molecule has 0 radical (unpaired) electrons. The topological polar surface area (TPSA) is 140 Å². The van der Waals surface area contributed by atoms with Crippen LogP contribution >= 0.6 is 0 Å². The molecule has 10 heteroatoms. The molecule has 1 unspecified atom stereocenters. The van der Waals surface area contributed by atoms with Gasteiger partial charge in [0.15, 0.2) is 11.5 Å². The average molecular weight is 625 g/mol. The lowest BCUT2D eigenvalue weighted by atomic mass is 9.96. The molecule has 0 aliphatic carbocycles. The second-order valence-corrected chi connectivity index (χ2v) is 11.1. The molecule has 46 heavy (non-hydrogen) atoms. The van der Waals surface area contributed by atoms with Crippen molar-refractivity contribution in [2.75, 3.05) is 26.9 Å². The number of aliphatic carboxylic acids is 1. The molecule has 4 aromatic rings. The van der Waals surface area contributed by atoms with Gasteiger partial charge in [-0.25, -0.2) is 0 Å². The first-order valence-corrected chi connectivity index (χ1v) is 14.8. The minimum absolute atomic E-state index is 0.0249. The molecule has 238 valence electrons. The highest BCUT2D eigenvalue weighted by Gasteiger charge is 2.32. The van der Waals surface area contributed by atoms with Crippen LogP contribution in [0.3, 0.4) is 0 Å². The summed E-state index contributed by atoms with van der Waals surface area (Å²) in [7, 11) is 1.51. The van der Waals surface area contributed by atoms with Crippen LogP contribution in [0.2, 0.25) is 0 Å². The van der Waals surface area contributed by atoms with E-state index in [0.717, 1.165) is 39.3 Å². The molecule has 0 bridgehead atoms. The smallest absolute Gasteiger partial charge is 0.326 e. The summed E-state index contributed by atoms with van der Waals surface area (Å²) in [5, 5.41) is 31.6. The lowest BCUT2D eigenvalue weighted by Crippen LogP contribution is -2.52. The number of aliphatic hydroxyl groups excluding tert-OH is 1. The molecule has 0 fully saturated rings. The number of carbonyl (C=O) groups is 1. The highest BCUT2D eigenvalue weighted by molar-refractivity contribution is 5.78. The summed E-state index contributed by atoms with van der Waals surface area (Å²) in [5.74, 6) is 1.56. The highest BCUT2D eigenvalue weighted by atomic mass is 16.6. The summed E-state index contributed by atoms with van der Waals surface area (Å²) in [5.41, 5.74) is 4.33. The molecule has 1 aliphatic rings. The molecular formula is C36H36N2O8. The Balaban J connectivity index is 1.42. The van der Waals surface area contributed by atoms with Crippen LogP contribution in [0.25, 0.3) is 11.1 Å². The van der Waals surface area contributed by atoms with E-state index < -0.39 is 18.1 Å². The number of carboxylic acid groups (broad SMARTS) is 1. The van der Waals surface area contributed by atoms with E-state index in [9.17, 15) is 20.3 Å². The van der Waals surface area contributed by atoms with Crippen LogP contribution in [-0.4, -0.2) is 48.7 Å². The Morgan fingerprint density at radius 2 is 1.74 bits per heavy atom. The van der Waals surface area contributed by atoms with Crippen LogP contribution in [0.4, 0.5) is 0 Å². The van der Waals surface area contributed by atoms with Crippen molar-refractivity contribution in [3.63, 3.8) is 0 Å². The van der Waals surface area contributed by atoms with Gasteiger partial charge in [0.05, 0.1) is 30.9 Å². The molecule has 1 atom stereocenters. The fraction of sp³-hybridized carbons (Fsp3) is 0.278. The van der Waals surface area contributed by atoms with Crippen LogP contribution in [0.1, 0.15) is 34.7 Å². The molecule has 1 aliphatic heterocycles. The number of nitrogens with one attached hydrogen (secondary N) is 1. The van der Waals surface area contributed by atoms with E-state index in [4.69, 9.17) is 23.7 Å². The highest BCUT2D eigenvalue weighted by Crippen LogP contribution is 2.38. The number of nitriles is 1. The van der Waals surface area contributed by atoms with Gasteiger partial charge in [0, 0.05) is 18.7 Å². The minimum Gasteiger partial charge on any atom is -0.496 e. The maximum Gasteiger partial charge on any atom is 0.326 e. The molecule has 5 rings (SSSR count). The Labute approximate surface area is 267 Å². The first-order chi connectivity index (χ1) is 22.2. The van der Waals surface area contributed by atoms with E-state index in [0.29, 0.717) is 41.6 Å². The first kappa shape index (κ1) is 32.2. The lowest BCUT2D eigenvalue weighted by molar-refractivity contribution is -0.145. The van der Waals surface area contributed by atoms with E-state index in [1.54, 1.807) is 30.3 Å². The molecule has 0 spiro atoms. The largest absolute Gasteiger partial charge is 0.496 e. The van der Waals surface area contributed by atoms with Gasteiger partial charge in [-0.1, -0.05) is 36.4 Å². The van der Waals surface area contributed by atoms with Crippen molar-refractivity contribution >= 4 is 5.97 Å². The molecule has 1 heterocycles. The van der Waals surface area contributed by atoms with E-state index in [1.807, 2.05) is 43.3 Å². The van der Waals surface area contributed by atoms with Crippen molar-refractivity contribution in [3.05, 3.63) is 101 Å². The van der Waals surface area contributed by atoms with Crippen molar-refractivity contribution in [1.82, 2.24) is 5.32 Å². The van der Waals surface area contributed by atoms with Gasteiger partial charge in [0.25, 0.3) is 0 Å². The van der Waals surface area contributed by atoms with Gasteiger partial charge < -0.3 is 33.9 Å². The molecule has 0 amide bonds. The van der Waals surface area contributed by atoms with Crippen molar-refractivity contribution < 1.29 is 38.7 Å². The zero-order valence-electron chi connectivity index (χ0n) is 26.0. The van der Waals surface area contributed by atoms with E-state index >= 15 is 0 Å². The van der Waals surface area contributed by atoms with Gasteiger partial charge in [-0.15, -0.1) is 0 Å². The van der Waals surface area contributed by atoms with Crippen LogP contribution < -0.4 is 29.0 Å². The van der Waals surface area contributed by atoms with Crippen LogP contribution in [0, 0.1) is 18.3 Å². The Bertz CT molecular complexity index is 1770. The van der Waals surface area contributed by atoms with Crippen molar-refractivity contribution in [3.8, 4) is 45.9 Å². The maximum absolute atomic E-state index is 11.8. The van der Waals surface area contributed by atoms with Crippen molar-refractivity contribution in [1.29, 1.82) is 5.26 Å². The Morgan fingerprint density at radius 3 is 2.48 bits per heavy atom. The normalized spacial score (nSPS) is 13.3. The number of methoxy groups -OCH3 is 1. The van der Waals surface area contributed by atoms with Crippen LogP contribution in [0.5, 0.6) is 28.7 Å².